The molecule has 0 spiro atoms. The summed E-state index contributed by atoms with van der Waals surface area (Å²) in [6, 6.07) is 0. The van der Waals surface area contributed by atoms with E-state index in [4.69, 9.17) is 33.2 Å². The molecule has 0 amide bonds. The van der Waals surface area contributed by atoms with Crippen molar-refractivity contribution in [2.45, 2.75) is 44.6 Å². The summed E-state index contributed by atoms with van der Waals surface area (Å²) in [6.45, 7) is 11.4. The summed E-state index contributed by atoms with van der Waals surface area (Å²) in [5, 5.41) is 0. The molecule has 0 rings (SSSR count). The molecule has 0 aliphatic carbocycles. The Bertz CT molecular complexity index is 489. The van der Waals surface area contributed by atoms with Gasteiger partial charge in [-0.1, -0.05) is 0 Å². The summed E-state index contributed by atoms with van der Waals surface area (Å²) in [5.74, 6) is 8.68. The summed E-state index contributed by atoms with van der Waals surface area (Å²) in [7, 11) is 0. The number of thiol groups is 3. The normalized spacial score (nSPS) is 12.0. The van der Waals surface area contributed by atoms with Gasteiger partial charge in [0.25, 0.3) is 0 Å². The molecule has 0 aromatic rings. The molecule has 0 heterocycles. The number of hydrogen-bond donors (Lipinski definition) is 3. The van der Waals surface area contributed by atoms with Crippen LogP contribution in [0.5, 0.6) is 0 Å². The van der Waals surface area contributed by atoms with Crippen LogP contribution in [-0.2, 0) is 33.2 Å². The highest BCUT2D eigenvalue weighted by atomic mass is 32.2. The van der Waals surface area contributed by atoms with Gasteiger partial charge in [-0.3, -0.25) is 0 Å². The Morgan fingerprint density at radius 1 is 0.405 bits per heavy atom. The lowest BCUT2D eigenvalue weighted by Crippen LogP contribution is -2.30. The standard InChI is InChI=1S/C29H60O7S6/c1-29(5-2-23-40-26-17-33-11-8-30-14-20-37,6-3-24-41-27-18-34-12-9-31-15-21-38)36-7-4-25-42-28-19-35-13-10-32-16-22-39/h37-39H,2-28H2,1H3. The molecular formula is C29H60O7S6. The van der Waals surface area contributed by atoms with Crippen molar-refractivity contribution in [3.63, 3.8) is 0 Å². The Hall–Kier alpha value is 1.82. The minimum absolute atomic E-state index is 0.0659. The molecule has 0 aliphatic rings. The molecule has 0 aromatic heterocycles. The first kappa shape index (κ1) is 43.8. The lowest BCUT2D eigenvalue weighted by Gasteiger charge is -2.30. The average Bonchev–Trinajstić information content (AvgIpc) is 2.99. The van der Waals surface area contributed by atoms with Crippen LogP contribution >= 0.6 is 73.2 Å². The smallest absolute Gasteiger partial charge is 0.0700 e. The second-order valence-electron chi connectivity index (χ2n) is 9.54. The molecule has 254 valence electrons. The first-order valence-corrected chi connectivity index (χ1v) is 20.7. The Balaban J connectivity index is 4.06. The fourth-order valence-corrected chi connectivity index (χ4v) is 6.39. The lowest BCUT2D eigenvalue weighted by atomic mass is 9.94. The van der Waals surface area contributed by atoms with Crippen LogP contribution in [0.15, 0.2) is 0 Å². The van der Waals surface area contributed by atoms with Gasteiger partial charge in [0.05, 0.1) is 84.9 Å². The van der Waals surface area contributed by atoms with Crippen molar-refractivity contribution in [1.82, 2.24) is 0 Å². The van der Waals surface area contributed by atoms with Gasteiger partial charge in [-0.15, -0.1) is 0 Å². The third kappa shape index (κ3) is 34.7. The first-order valence-electron chi connectivity index (χ1n) is 15.3. The third-order valence-corrected chi connectivity index (χ3v) is 9.46. The maximum absolute atomic E-state index is 6.52. The zero-order valence-corrected chi connectivity index (χ0v) is 31.1. The van der Waals surface area contributed by atoms with E-state index in [0.29, 0.717) is 59.5 Å². The van der Waals surface area contributed by atoms with Crippen molar-refractivity contribution < 1.29 is 33.2 Å². The van der Waals surface area contributed by atoms with Crippen molar-refractivity contribution in [1.29, 1.82) is 0 Å². The van der Waals surface area contributed by atoms with Crippen molar-refractivity contribution in [3.8, 4) is 0 Å². The maximum Gasteiger partial charge on any atom is 0.0700 e. The fraction of sp³-hybridized carbons (Fsp3) is 1.00. The molecule has 0 radical (unpaired) electrons. The summed E-state index contributed by atoms with van der Waals surface area (Å²) < 4.78 is 39.6. The maximum atomic E-state index is 6.52. The van der Waals surface area contributed by atoms with Crippen LogP contribution in [-0.4, -0.2) is 143 Å². The molecular weight excluding hydrogens is 653 g/mol. The molecule has 13 heteroatoms. The molecule has 0 atom stereocenters. The van der Waals surface area contributed by atoms with Gasteiger partial charge < -0.3 is 33.2 Å². The Kier molecular flexibility index (Phi) is 38.9. The summed E-state index contributed by atoms with van der Waals surface area (Å²) in [6.07, 6.45) is 5.57. The van der Waals surface area contributed by atoms with Gasteiger partial charge >= 0.3 is 0 Å². The van der Waals surface area contributed by atoms with Crippen LogP contribution in [0.4, 0.5) is 0 Å². The molecule has 0 saturated carbocycles. The largest absolute Gasteiger partial charge is 0.378 e. The molecule has 0 aliphatic heterocycles. The van der Waals surface area contributed by atoms with Crippen LogP contribution in [0.25, 0.3) is 0 Å². The summed E-state index contributed by atoms with van der Waals surface area (Å²) in [5.41, 5.74) is -0.0659. The van der Waals surface area contributed by atoms with Crippen molar-refractivity contribution in [3.05, 3.63) is 0 Å². The van der Waals surface area contributed by atoms with Gasteiger partial charge in [-0.05, 0) is 56.3 Å². The van der Waals surface area contributed by atoms with Gasteiger partial charge in [-0.2, -0.15) is 73.2 Å². The SMILES string of the molecule is CC(CCCSCCOCCOCCS)(CCCSCCOCCOCCS)OCCCSCCOCCOCCS. The number of ether oxygens (including phenoxy) is 7. The molecule has 0 aromatic carbocycles. The first-order chi connectivity index (χ1) is 20.7. The predicted octanol–water partition coefficient (Wildman–Crippen LogP) is 5.80. The Labute approximate surface area is 287 Å². The number of hydrogen-bond acceptors (Lipinski definition) is 13. The van der Waals surface area contributed by atoms with Gasteiger partial charge in [0, 0.05) is 41.1 Å². The molecule has 0 saturated heterocycles. The quantitative estimate of drug-likeness (QED) is 0.0545. The van der Waals surface area contributed by atoms with Crippen molar-refractivity contribution in [2.75, 3.05) is 138 Å². The highest BCUT2D eigenvalue weighted by Gasteiger charge is 2.24. The van der Waals surface area contributed by atoms with Crippen molar-refractivity contribution in [2.24, 2.45) is 0 Å². The van der Waals surface area contributed by atoms with Crippen LogP contribution in [0.3, 0.4) is 0 Å². The van der Waals surface area contributed by atoms with E-state index in [0.717, 1.165) is 110 Å². The molecule has 7 nitrogen and oxygen atoms in total. The highest BCUT2D eigenvalue weighted by molar-refractivity contribution is 7.99. The van der Waals surface area contributed by atoms with E-state index in [1.165, 1.54) is 0 Å². The van der Waals surface area contributed by atoms with Gasteiger partial charge in [-0.25, -0.2) is 0 Å². The minimum atomic E-state index is -0.0659. The fourth-order valence-electron chi connectivity index (χ4n) is 3.66. The average molecular weight is 713 g/mol. The van der Waals surface area contributed by atoms with E-state index in [2.05, 4.69) is 44.8 Å². The minimum Gasteiger partial charge on any atom is -0.378 e. The molecule has 0 bridgehead atoms. The van der Waals surface area contributed by atoms with Crippen LogP contribution in [0.1, 0.15) is 39.0 Å². The van der Waals surface area contributed by atoms with Crippen LogP contribution < -0.4 is 0 Å². The number of rotatable bonds is 37. The van der Waals surface area contributed by atoms with E-state index in [-0.39, 0.29) is 5.60 Å². The monoisotopic (exact) mass is 712 g/mol. The van der Waals surface area contributed by atoms with Crippen LogP contribution in [0, 0.1) is 0 Å². The molecule has 0 N–H and O–H groups in total. The van der Waals surface area contributed by atoms with E-state index in [1.54, 1.807) is 0 Å². The molecule has 42 heavy (non-hydrogen) atoms. The topological polar surface area (TPSA) is 64.6 Å². The zero-order chi connectivity index (χ0) is 30.7. The van der Waals surface area contributed by atoms with Gasteiger partial charge in [0.2, 0.25) is 0 Å². The Morgan fingerprint density at radius 3 is 1.10 bits per heavy atom. The summed E-state index contributed by atoms with van der Waals surface area (Å²) in [4.78, 5) is 0. The molecule has 0 fully saturated rings. The van der Waals surface area contributed by atoms with E-state index in [1.807, 2.05) is 35.3 Å². The molecule has 0 unspecified atom stereocenters. The van der Waals surface area contributed by atoms with E-state index < -0.39 is 0 Å². The third-order valence-electron chi connectivity index (χ3n) is 5.81. The second-order valence-corrected chi connectivity index (χ2v) is 14.6. The highest BCUT2D eigenvalue weighted by Crippen LogP contribution is 2.26. The lowest BCUT2D eigenvalue weighted by molar-refractivity contribution is -0.0435. The number of thioether (sulfide) groups is 3. The van der Waals surface area contributed by atoms with Crippen molar-refractivity contribution >= 4 is 73.2 Å². The van der Waals surface area contributed by atoms with Gasteiger partial charge in [0.15, 0.2) is 0 Å². The van der Waals surface area contributed by atoms with Crippen LogP contribution in [0.2, 0.25) is 0 Å². The zero-order valence-electron chi connectivity index (χ0n) is 26.0. The van der Waals surface area contributed by atoms with Gasteiger partial charge in [0.1, 0.15) is 0 Å². The Morgan fingerprint density at radius 2 is 0.738 bits per heavy atom. The van der Waals surface area contributed by atoms with E-state index >= 15 is 0 Å². The van der Waals surface area contributed by atoms with E-state index in [9.17, 15) is 0 Å². The second kappa shape index (κ2) is 37.3. The summed E-state index contributed by atoms with van der Waals surface area (Å²) >= 11 is 18.3. The predicted molar refractivity (Wildman–Crippen MR) is 196 cm³/mol.